The number of carbonyl (C=O) groups is 1. The van der Waals surface area contributed by atoms with E-state index < -0.39 is 5.97 Å². The third-order valence-corrected chi connectivity index (χ3v) is 6.54. The van der Waals surface area contributed by atoms with Gasteiger partial charge >= 0.3 is 5.97 Å². The fourth-order valence-electron chi connectivity index (χ4n) is 4.60. The fourth-order valence-corrected chi connectivity index (χ4v) is 4.60. The molecule has 132 valence electrons. The molecule has 0 bridgehead atoms. The lowest BCUT2D eigenvalue weighted by molar-refractivity contribution is -0.143. The molecule has 2 aliphatic carbocycles. The summed E-state index contributed by atoms with van der Waals surface area (Å²) in [5.41, 5.74) is 0. The largest absolute Gasteiger partial charge is 0.481 e. The Morgan fingerprint density at radius 2 is 1.78 bits per heavy atom. The van der Waals surface area contributed by atoms with Crippen LogP contribution >= 0.6 is 0 Å². The number of hydrogen-bond donors (Lipinski definition) is 2. The summed E-state index contributed by atoms with van der Waals surface area (Å²) in [4.78, 5) is 13.7. The summed E-state index contributed by atoms with van der Waals surface area (Å²) in [6.07, 6.45) is 9.40. The van der Waals surface area contributed by atoms with Gasteiger partial charge in [-0.1, -0.05) is 13.3 Å². The molecule has 0 aromatic heterocycles. The van der Waals surface area contributed by atoms with Crippen LogP contribution in [0.2, 0.25) is 0 Å². The zero-order valence-electron chi connectivity index (χ0n) is 14.7. The molecule has 1 aliphatic heterocycles. The third kappa shape index (κ3) is 4.93. The van der Waals surface area contributed by atoms with E-state index in [1.807, 2.05) is 0 Å². The predicted molar refractivity (Wildman–Crippen MR) is 92.4 cm³/mol. The highest BCUT2D eigenvalue weighted by atomic mass is 16.4. The van der Waals surface area contributed by atoms with E-state index in [1.165, 1.54) is 51.9 Å². The second-order valence-electron chi connectivity index (χ2n) is 8.22. The minimum atomic E-state index is -0.585. The quantitative estimate of drug-likeness (QED) is 0.756. The molecule has 3 fully saturated rings. The molecule has 1 saturated heterocycles. The van der Waals surface area contributed by atoms with E-state index in [4.69, 9.17) is 5.11 Å². The van der Waals surface area contributed by atoms with Gasteiger partial charge in [0.2, 0.25) is 0 Å². The highest BCUT2D eigenvalue weighted by Crippen LogP contribution is 2.34. The Labute approximate surface area is 141 Å². The van der Waals surface area contributed by atoms with Gasteiger partial charge in [-0.15, -0.1) is 0 Å². The van der Waals surface area contributed by atoms with Crippen LogP contribution in [0.15, 0.2) is 0 Å². The van der Waals surface area contributed by atoms with Gasteiger partial charge in [0.05, 0.1) is 5.92 Å². The molecular weight excluding hydrogens is 288 g/mol. The first-order chi connectivity index (χ1) is 11.2. The van der Waals surface area contributed by atoms with Crippen molar-refractivity contribution in [3.05, 3.63) is 0 Å². The van der Waals surface area contributed by atoms with Crippen LogP contribution in [0.25, 0.3) is 0 Å². The Morgan fingerprint density at radius 1 is 1.09 bits per heavy atom. The van der Waals surface area contributed by atoms with E-state index >= 15 is 0 Å². The Hall–Kier alpha value is -0.610. The Kier molecular flexibility index (Phi) is 5.97. The van der Waals surface area contributed by atoms with Crippen LogP contribution in [0.4, 0.5) is 0 Å². The van der Waals surface area contributed by atoms with Gasteiger partial charge < -0.3 is 15.3 Å². The minimum Gasteiger partial charge on any atom is -0.481 e. The Bertz CT molecular complexity index is 385. The van der Waals surface area contributed by atoms with E-state index in [2.05, 4.69) is 17.1 Å². The van der Waals surface area contributed by atoms with Crippen LogP contribution in [0, 0.1) is 23.7 Å². The summed E-state index contributed by atoms with van der Waals surface area (Å²) in [6.45, 7) is 7.21. The first-order valence-electron chi connectivity index (χ1n) is 9.84. The summed E-state index contributed by atoms with van der Waals surface area (Å²) in [5, 5.41) is 12.8. The molecule has 1 heterocycles. The molecule has 0 spiro atoms. The van der Waals surface area contributed by atoms with Crippen LogP contribution in [0.1, 0.15) is 58.3 Å². The van der Waals surface area contributed by atoms with Crippen LogP contribution in [-0.4, -0.2) is 48.2 Å². The van der Waals surface area contributed by atoms with Gasteiger partial charge in [-0.3, -0.25) is 4.79 Å². The highest BCUT2D eigenvalue weighted by Gasteiger charge is 2.35. The molecule has 0 aromatic carbocycles. The smallest absolute Gasteiger partial charge is 0.306 e. The number of piperidine rings is 1. The Balaban J connectivity index is 1.28. The van der Waals surface area contributed by atoms with E-state index in [0.29, 0.717) is 0 Å². The summed E-state index contributed by atoms with van der Waals surface area (Å²) >= 11 is 0. The molecular formula is C19H34N2O2. The molecule has 4 heteroatoms. The molecule has 2 saturated carbocycles. The van der Waals surface area contributed by atoms with Crippen molar-refractivity contribution in [3.63, 3.8) is 0 Å². The molecule has 0 aromatic rings. The standard InChI is InChI=1S/C19H34N2O2/c1-2-16-11-18(16)20-12-14-7-9-21(10-8-14)13-15-3-5-17(6-4-15)19(22)23/h14-18,20H,2-13H2,1H3,(H,22,23)/t15-,16-,17-,18-/m1/s1. The van der Waals surface area contributed by atoms with Crippen molar-refractivity contribution in [1.82, 2.24) is 10.2 Å². The summed E-state index contributed by atoms with van der Waals surface area (Å²) in [7, 11) is 0. The first kappa shape index (κ1) is 17.2. The monoisotopic (exact) mass is 322 g/mol. The molecule has 2 N–H and O–H groups in total. The van der Waals surface area contributed by atoms with Crippen LogP contribution in [0.5, 0.6) is 0 Å². The van der Waals surface area contributed by atoms with E-state index in [9.17, 15) is 4.79 Å². The molecule has 2 atom stereocenters. The van der Waals surface area contributed by atoms with Crippen molar-refractivity contribution in [2.75, 3.05) is 26.2 Å². The zero-order valence-corrected chi connectivity index (χ0v) is 14.7. The number of aliphatic carboxylic acids is 1. The molecule has 23 heavy (non-hydrogen) atoms. The van der Waals surface area contributed by atoms with Crippen molar-refractivity contribution >= 4 is 5.97 Å². The van der Waals surface area contributed by atoms with Crippen molar-refractivity contribution in [1.29, 1.82) is 0 Å². The maximum atomic E-state index is 11.0. The van der Waals surface area contributed by atoms with Crippen molar-refractivity contribution in [2.45, 2.75) is 64.3 Å². The molecule has 4 nitrogen and oxygen atoms in total. The van der Waals surface area contributed by atoms with Crippen LogP contribution in [-0.2, 0) is 4.79 Å². The highest BCUT2D eigenvalue weighted by molar-refractivity contribution is 5.69. The summed E-state index contributed by atoms with van der Waals surface area (Å²) < 4.78 is 0. The van der Waals surface area contributed by atoms with Gasteiger partial charge in [-0.05, 0) is 82.3 Å². The van der Waals surface area contributed by atoms with Gasteiger partial charge in [0, 0.05) is 12.6 Å². The van der Waals surface area contributed by atoms with Gasteiger partial charge in [0.25, 0.3) is 0 Å². The van der Waals surface area contributed by atoms with Crippen molar-refractivity contribution in [2.24, 2.45) is 23.7 Å². The fraction of sp³-hybridized carbons (Fsp3) is 0.947. The van der Waals surface area contributed by atoms with E-state index in [1.54, 1.807) is 0 Å². The SMILES string of the molecule is CC[C@@H]1C[C@H]1NCC1CCN(C[C@H]2CC[C@H](C(=O)O)CC2)CC1. The first-order valence-corrected chi connectivity index (χ1v) is 9.84. The number of carboxylic acids is 1. The molecule has 0 unspecified atom stereocenters. The van der Waals surface area contributed by atoms with Crippen molar-refractivity contribution in [3.8, 4) is 0 Å². The van der Waals surface area contributed by atoms with Crippen LogP contribution in [0.3, 0.4) is 0 Å². The maximum absolute atomic E-state index is 11.0. The van der Waals surface area contributed by atoms with Gasteiger partial charge in [0.15, 0.2) is 0 Å². The number of hydrogen-bond acceptors (Lipinski definition) is 3. The maximum Gasteiger partial charge on any atom is 0.306 e. The van der Waals surface area contributed by atoms with Crippen molar-refractivity contribution < 1.29 is 9.90 Å². The summed E-state index contributed by atoms with van der Waals surface area (Å²) in [5.74, 6) is 1.90. The van der Waals surface area contributed by atoms with E-state index in [0.717, 1.165) is 49.5 Å². The second-order valence-corrected chi connectivity index (χ2v) is 8.22. The second kappa shape index (κ2) is 7.98. The molecule has 0 amide bonds. The molecule has 3 aliphatic rings. The van der Waals surface area contributed by atoms with E-state index in [-0.39, 0.29) is 5.92 Å². The third-order valence-electron chi connectivity index (χ3n) is 6.54. The molecule has 3 rings (SSSR count). The Morgan fingerprint density at radius 3 is 2.35 bits per heavy atom. The number of nitrogens with zero attached hydrogens (tertiary/aromatic N) is 1. The van der Waals surface area contributed by atoms with Crippen LogP contribution < -0.4 is 5.32 Å². The minimum absolute atomic E-state index is 0.0718. The number of nitrogens with one attached hydrogen (secondary N) is 1. The molecule has 0 radical (unpaired) electrons. The number of carboxylic acid groups (broad SMARTS) is 1. The lowest BCUT2D eigenvalue weighted by Gasteiger charge is -2.36. The normalized spacial score (nSPS) is 36.0. The van der Waals surface area contributed by atoms with Gasteiger partial charge in [-0.25, -0.2) is 0 Å². The number of likely N-dealkylation sites (tertiary alicyclic amines) is 1. The zero-order chi connectivity index (χ0) is 16.2. The predicted octanol–water partition coefficient (Wildman–Crippen LogP) is 2.98. The van der Waals surface area contributed by atoms with Gasteiger partial charge in [-0.2, -0.15) is 0 Å². The summed E-state index contributed by atoms with van der Waals surface area (Å²) in [6, 6.07) is 0.822. The average molecular weight is 322 g/mol. The topological polar surface area (TPSA) is 52.6 Å². The average Bonchev–Trinajstić information content (AvgIpc) is 3.33. The lowest BCUT2D eigenvalue weighted by atomic mass is 9.81. The van der Waals surface area contributed by atoms with Gasteiger partial charge in [0.1, 0.15) is 0 Å². The number of rotatable bonds is 7. The lowest BCUT2D eigenvalue weighted by Crippen LogP contribution is -2.40.